The van der Waals surface area contributed by atoms with Crippen molar-refractivity contribution in [3.8, 4) is 0 Å². The zero-order chi connectivity index (χ0) is 8.53. The van der Waals surface area contributed by atoms with Gasteiger partial charge in [-0.25, -0.2) is 0 Å². The summed E-state index contributed by atoms with van der Waals surface area (Å²) >= 11 is 0. The Hall–Kier alpha value is -0.830. The third-order valence-electron chi connectivity index (χ3n) is 1.16. The summed E-state index contributed by atoms with van der Waals surface area (Å²) in [6.45, 7) is 7.40. The van der Waals surface area contributed by atoms with E-state index in [0.29, 0.717) is 13.1 Å². The van der Waals surface area contributed by atoms with Crippen LogP contribution in [0.15, 0.2) is 12.7 Å². The molecule has 0 aliphatic carbocycles. The molecule has 0 spiro atoms. The van der Waals surface area contributed by atoms with Gasteiger partial charge in [0.25, 0.3) is 0 Å². The van der Waals surface area contributed by atoms with Crippen molar-refractivity contribution in [1.29, 1.82) is 0 Å². The summed E-state index contributed by atoms with van der Waals surface area (Å²) in [6.07, 6.45) is 2.71. The molecule has 0 heterocycles. The first-order chi connectivity index (χ1) is 5.31. The fourth-order valence-electron chi connectivity index (χ4n) is 0.627. The molecule has 0 aromatic rings. The van der Waals surface area contributed by atoms with E-state index < -0.39 is 0 Å². The molecule has 0 aromatic heterocycles. The minimum absolute atomic E-state index is 0.0263. The van der Waals surface area contributed by atoms with Crippen LogP contribution >= 0.6 is 0 Å². The van der Waals surface area contributed by atoms with Crippen molar-refractivity contribution in [2.45, 2.75) is 13.3 Å². The molecule has 0 unspecified atom stereocenters. The molecular weight excluding hydrogens is 140 g/mol. The monoisotopic (exact) mass is 156 g/mol. The Morgan fingerprint density at radius 2 is 2.36 bits per heavy atom. The van der Waals surface area contributed by atoms with Crippen LogP contribution in [0.2, 0.25) is 0 Å². The lowest BCUT2D eigenvalue weighted by Crippen LogP contribution is -2.34. The summed E-state index contributed by atoms with van der Waals surface area (Å²) in [5.41, 5.74) is 0. The molecule has 0 radical (unpaired) electrons. The van der Waals surface area contributed by atoms with Crippen LogP contribution in [0.4, 0.5) is 0 Å². The molecule has 11 heavy (non-hydrogen) atoms. The minimum Gasteiger partial charge on any atom is -0.352 e. The fraction of sp³-hybridized carbons (Fsp3) is 0.625. The van der Waals surface area contributed by atoms with E-state index in [1.807, 2.05) is 0 Å². The van der Waals surface area contributed by atoms with Gasteiger partial charge in [-0.1, -0.05) is 13.0 Å². The molecule has 3 heteroatoms. The van der Waals surface area contributed by atoms with Gasteiger partial charge in [-0.3, -0.25) is 4.79 Å². The highest BCUT2D eigenvalue weighted by Crippen LogP contribution is 1.69. The summed E-state index contributed by atoms with van der Waals surface area (Å²) in [5, 5.41) is 5.67. The van der Waals surface area contributed by atoms with E-state index >= 15 is 0 Å². The molecule has 0 aromatic carbocycles. The first kappa shape index (κ1) is 10.2. The molecular formula is C8H16N2O. The number of nitrogens with one attached hydrogen (secondary N) is 2. The fourth-order valence-corrected chi connectivity index (χ4v) is 0.627. The third-order valence-corrected chi connectivity index (χ3v) is 1.16. The van der Waals surface area contributed by atoms with Crippen LogP contribution in [0.1, 0.15) is 13.3 Å². The van der Waals surface area contributed by atoms with Crippen molar-refractivity contribution in [3.63, 3.8) is 0 Å². The van der Waals surface area contributed by atoms with Gasteiger partial charge in [-0.15, -0.1) is 6.58 Å². The molecule has 0 aliphatic rings. The van der Waals surface area contributed by atoms with Crippen molar-refractivity contribution in [3.05, 3.63) is 12.7 Å². The van der Waals surface area contributed by atoms with Crippen LogP contribution in [0.3, 0.4) is 0 Å². The third kappa shape index (κ3) is 7.06. The Bertz CT molecular complexity index is 123. The second-order valence-corrected chi connectivity index (χ2v) is 2.27. The molecule has 1 amide bonds. The van der Waals surface area contributed by atoms with Gasteiger partial charge in [0, 0.05) is 6.54 Å². The molecule has 0 rings (SSSR count). The van der Waals surface area contributed by atoms with Crippen LogP contribution in [-0.2, 0) is 4.79 Å². The predicted molar refractivity (Wildman–Crippen MR) is 46.4 cm³/mol. The number of hydrogen-bond acceptors (Lipinski definition) is 2. The highest BCUT2D eigenvalue weighted by molar-refractivity contribution is 5.78. The van der Waals surface area contributed by atoms with Crippen LogP contribution < -0.4 is 10.6 Å². The highest BCUT2D eigenvalue weighted by atomic mass is 16.1. The minimum atomic E-state index is 0.0263. The van der Waals surface area contributed by atoms with E-state index in [2.05, 4.69) is 24.1 Å². The van der Waals surface area contributed by atoms with Crippen molar-refractivity contribution >= 4 is 5.91 Å². The highest BCUT2D eigenvalue weighted by Gasteiger charge is 1.95. The molecule has 3 nitrogen and oxygen atoms in total. The smallest absolute Gasteiger partial charge is 0.234 e. The lowest BCUT2D eigenvalue weighted by molar-refractivity contribution is -0.120. The second-order valence-electron chi connectivity index (χ2n) is 2.27. The topological polar surface area (TPSA) is 41.1 Å². The maximum atomic E-state index is 10.9. The predicted octanol–water partition coefficient (Wildman–Crippen LogP) is 0.288. The van der Waals surface area contributed by atoms with E-state index in [1.165, 1.54) is 0 Å². The normalized spacial score (nSPS) is 9.18. The lowest BCUT2D eigenvalue weighted by Gasteiger charge is -2.02. The van der Waals surface area contributed by atoms with Crippen LogP contribution in [0.25, 0.3) is 0 Å². The Morgan fingerprint density at radius 3 is 2.91 bits per heavy atom. The number of carbonyl (C=O) groups excluding carboxylic acids is 1. The van der Waals surface area contributed by atoms with E-state index in [1.54, 1.807) is 6.08 Å². The standard InChI is InChI=1S/C8H16N2O/c1-3-5-9-7-8(11)10-6-4-2/h4,9H,2-3,5-7H2,1H3,(H,10,11). The van der Waals surface area contributed by atoms with Gasteiger partial charge in [0.2, 0.25) is 5.91 Å². The van der Waals surface area contributed by atoms with E-state index in [4.69, 9.17) is 0 Å². The summed E-state index contributed by atoms with van der Waals surface area (Å²) in [5.74, 6) is 0.0263. The van der Waals surface area contributed by atoms with Gasteiger partial charge in [-0.2, -0.15) is 0 Å². The van der Waals surface area contributed by atoms with Crippen LogP contribution in [0.5, 0.6) is 0 Å². The molecule has 0 saturated heterocycles. The largest absolute Gasteiger partial charge is 0.352 e. The molecule has 0 bridgehead atoms. The van der Waals surface area contributed by atoms with Crippen molar-refractivity contribution in [2.24, 2.45) is 0 Å². The molecule has 0 fully saturated rings. The van der Waals surface area contributed by atoms with Crippen LogP contribution in [0, 0.1) is 0 Å². The van der Waals surface area contributed by atoms with Crippen LogP contribution in [-0.4, -0.2) is 25.5 Å². The van der Waals surface area contributed by atoms with E-state index in [0.717, 1.165) is 13.0 Å². The summed E-state index contributed by atoms with van der Waals surface area (Å²) in [6, 6.07) is 0. The maximum absolute atomic E-state index is 10.9. The summed E-state index contributed by atoms with van der Waals surface area (Å²) in [4.78, 5) is 10.9. The van der Waals surface area contributed by atoms with Gasteiger partial charge >= 0.3 is 0 Å². The summed E-state index contributed by atoms with van der Waals surface area (Å²) < 4.78 is 0. The van der Waals surface area contributed by atoms with Gasteiger partial charge in [0.1, 0.15) is 0 Å². The Labute approximate surface area is 67.9 Å². The van der Waals surface area contributed by atoms with Crippen molar-refractivity contribution in [2.75, 3.05) is 19.6 Å². The second kappa shape index (κ2) is 7.28. The lowest BCUT2D eigenvalue weighted by atomic mass is 10.4. The Balaban J connectivity index is 3.15. The van der Waals surface area contributed by atoms with Gasteiger partial charge in [-0.05, 0) is 13.0 Å². The van der Waals surface area contributed by atoms with Gasteiger partial charge < -0.3 is 10.6 Å². The zero-order valence-electron chi connectivity index (χ0n) is 7.02. The average Bonchev–Trinajstić information content (AvgIpc) is 2.01. The molecule has 2 N–H and O–H groups in total. The van der Waals surface area contributed by atoms with Gasteiger partial charge in [0.05, 0.1) is 6.54 Å². The number of rotatable bonds is 6. The average molecular weight is 156 g/mol. The number of hydrogen-bond donors (Lipinski definition) is 2. The number of carbonyl (C=O) groups is 1. The van der Waals surface area contributed by atoms with E-state index in [9.17, 15) is 4.79 Å². The first-order valence-corrected chi connectivity index (χ1v) is 3.89. The molecule has 0 aliphatic heterocycles. The SMILES string of the molecule is C=CCNC(=O)CNCCC. The molecule has 0 saturated carbocycles. The quantitative estimate of drug-likeness (QED) is 0.428. The Kier molecular flexibility index (Phi) is 6.73. The zero-order valence-corrected chi connectivity index (χ0v) is 7.02. The summed E-state index contributed by atoms with van der Waals surface area (Å²) in [7, 11) is 0. The molecule has 64 valence electrons. The maximum Gasteiger partial charge on any atom is 0.234 e. The first-order valence-electron chi connectivity index (χ1n) is 3.89. The van der Waals surface area contributed by atoms with Gasteiger partial charge in [0.15, 0.2) is 0 Å². The van der Waals surface area contributed by atoms with E-state index in [-0.39, 0.29) is 5.91 Å². The Morgan fingerprint density at radius 1 is 1.64 bits per heavy atom. The number of amides is 1. The van der Waals surface area contributed by atoms with Crippen molar-refractivity contribution in [1.82, 2.24) is 10.6 Å². The van der Waals surface area contributed by atoms with Crippen molar-refractivity contribution < 1.29 is 4.79 Å². The molecule has 0 atom stereocenters.